The molecule has 1 N–H and O–H groups in total. The molecular weight excluding hydrogens is 348 g/mol. The number of hydrogen-bond acceptors (Lipinski definition) is 3. The number of carbonyl (C=O) groups is 1. The summed E-state index contributed by atoms with van der Waals surface area (Å²) in [5.41, 5.74) is 1.34. The summed E-state index contributed by atoms with van der Waals surface area (Å²) < 4.78 is 27.1. The Morgan fingerprint density at radius 3 is 2.42 bits per heavy atom. The number of aryl methyl sites for hydroxylation is 1. The van der Waals surface area contributed by atoms with Gasteiger partial charge in [-0.05, 0) is 55.8 Å². The zero-order valence-corrected chi connectivity index (χ0v) is 15.1. The Bertz CT molecular complexity index is 820. The third-order valence-electron chi connectivity index (χ3n) is 3.35. The number of amides is 1. The third-order valence-corrected chi connectivity index (χ3v) is 5.39. The molecule has 0 radical (unpaired) electrons. The monoisotopic (exact) mass is 366 g/mol. The van der Waals surface area contributed by atoms with Gasteiger partial charge in [0.15, 0.2) is 0 Å². The second-order valence-corrected chi connectivity index (χ2v) is 7.56. The molecule has 0 aliphatic heterocycles. The molecule has 0 aliphatic rings. The Morgan fingerprint density at radius 2 is 1.83 bits per heavy atom. The van der Waals surface area contributed by atoms with Crippen molar-refractivity contribution in [2.45, 2.75) is 18.7 Å². The van der Waals surface area contributed by atoms with Crippen LogP contribution in [0.25, 0.3) is 0 Å². The lowest BCUT2D eigenvalue weighted by molar-refractivity contribution is -0.119. The van der Waals surface area contributed by atoms with Gasteiger partial charge in [0.05, 0.1) is 10.6 Å². The number of likely N-dealkylation sites (N-methyl/N-ethyl adjacent to an activating group) is 1. The fourth-order valence-electron chi connectivity index (χ4n) is 2.22. The first-order valence-corrected chi connectivity index (χ1v) is 9.28. The van der Waals surface area contributed by atoms with Crippen LogP contribution in [0.5, 0.6) is 0 Å². The molecule has 0 unspecified atom stereocenters. The fraction of sp³-hybridized carbons (Fsp3) is 0.235. The van der Waals surface area contributed by atoms with E-state index in [1.807, 2.05) is 13.0 Å². The maximum Gasteiger partial charge on any atom is 0.264 e. The summed E-state index contributed by atoms with van der Waals surface area (Å²) in [5.74, 6) is -0.364. The number of anilines is 1. The summed E-state index contributed by atoms with van der Waals surface area (Å²) in [6.45, 7) is 3.79. The summed E-state index contributed by atoms with van der Waals surface area (Å²) in [6.07, 6.45) is 0. The molecule has 0 aliphatic carbocycles. The molecule has 0 aromatic heterocycles. The molecule has 2 aromatic carbocycles. The van der Waals surface area contributed by atoms with Crippen LogP contribution in [0.3, 0.4) is 0 Å². The van der Waals surface area contributed by atoms with E-state index in [-0.39, 0.29) is 17.3 Å². The van der Waals surface area contributed by atoms with Gasteiger partial charge in [0.2, 0.25) is 5.91 Å². The largest absolute Gasteiger partial charge is 0.355 e. The van der Waals surface area contributed by atoms with Gasteiger partial charge in [-0.1, -0.05) is 23.7 Å². The van der Waals surface area contributed by atoms with E-state index in [2.05, 4.69) is 5.32 Å². The fourth-order valence-corrected chi connectivity index (χ4v) is 3.75. The minimum absolute atomic E-state index is 0.0812. The zero-order valence-electron chi connectivity index (χ0n) is 13.5. The van der Waals surface area contributed by atoms with E-state index in [1.54, 1.807) is 25.1 Å². The predicted molar refractivity (Wildman–Crippen MR) is 95.8 cm³/mol. The van der Waals surface area contributed by atoms with Crippen molar-refractivity contribution in [3.63, 3.8) is 0 Å². The first-order valence-electron chi connectivity index (χ1n) is 7.46. The van der Waals surface area contributed by atoms with Crippen molar-refractivity contribution in [2.75, 3.05) is 17.4 Å². The van der Waals surface area contributed by atoms with Crippen molar-refractivity contribution in [3.8, 4) is 0 Å². The van der Waals surface area contributed by atoms with Gasteiger partial charge in [0, 0.05) is 11.6 Å². The number of sulfonamides is 1. The molecule has 0 saturated heterocycles. The molecule has 0 spiro atoms. The number of halogens is 1. The molecule has 1 amide bonds. The molecule has 2 rings (SSSR count). The highest BCUT2D eigenvalue weighted by atomic mass is 35.5. The van der Waals surface area contributed by atoms with Gasteiger partial charge in [0.1, 0.15) is 6.54 Å². The van der Waals surface area contributed by atoms with Gasteiger partial charge >= 0.3 is 0 Å². The average molecular weight is 367 g/mol. The Balaban J connectivity index is 2.48. The van der Waals surface area contributed by atoms with Crippen LogP contribution >= 0.6 is 11.6 Å². The molecule has 128 valence electrons. The van der Waals surface area contributed by atoms with Gasteiger partial charge in [-0.3, -0.25) is 9.10 Å². The maximum atomic E-state index is 13.0. The van der Waals surface area contributed by atoms with Crippen molar-refractivity contribution < 1.29 is 13.2 Å². The smallest absolute Gasteiger partial charge is 0.264 e. The number of nitrogens with zero attached hydrogens (tertiary/aromatic N) is 1. The topological polar surface area (TPSA) is 66.5 Å². The van der Waals surface area contributed by atoms with E-state index in [4.69, 9.17) is 11.6 Å². The van der Waals surface area contributed by atoms with E-state index in [0.717, 1.165) is 9.87 Å². The standard InChI is InChI=1S/C17H19ClN2O3S/c1-3-19-17(21)12-20(15-6-4-5-13(2)11-15)24(22,23)16-9-7-14(18)8-10-16/h4-11H,3,12H2,1-2H3,(H,19,21). The lowest BCUT2D eigenvalue weighted by Gasteiger charge is -2.24. The van der Waals surface area contributed by atoms with Crippen LogP contribution in [0.4, 0.5) is 5.69 Å². The summed E-state index contributed by atoms with van der Waals surface area (Å²) in [6, 6.07) is 12.9. The van der Waals surface area contributed by atoms with Gasteiger partial charge in [-0.15, -0.1) is 0 Å². The van der Waals surface area contributed by atoms with Gasteiger partial charge in [-0.25, -0.2) is 8.42 Å². The normalized spacial score (nSPS) is 11.1. The van der Waals surface area contributed by atoms with Crippen LogP contribution in [0.2, 0.25) is 5.02 Å². The molecular formula is C17H19ClN2O3S. The van der Waals surface area contributed by atoms with Gasteiger partial charge in [0.25, 0.3) is 10.0 Å². The summed E-state index contributed by atoms with van der Waals surface area (Å²) >= 11 is 5.83. The van der Waals surface area contributed by atoms with Crippen LogP contribution < -0.4 is 9.62 Å². The number of hydrogen-bond donors (Lipinski definition) is 1. The minimum Gasteiger partial charge on any atom is -0.355 e. The number of nitrogens with one attached hydrogen (secondary N) is 1. The van der Waals surface area contributed by atoms with E-state index >= 15 is 0 Å². The molecule has 24 heavy (non-hydrogen) atoms. The molecule has 5 nitrogen and oxygen atoms in total. The second-order valence-electron chi connectivity index (χ2n) is 5.26. The van der Waals surface area contributed by atoms with Crippen molar-refractivity contribution in [3.05, 3.63) is 59.1 Å². The van der Waals surface area contributed by atoms with E-state index in [1.165, 1.54) is 24.3 Å². The Morgan fingerprint density at radius 1 is 1.17 bits per heavy atom. The first kappa shape index (κ1) is 18.3. The lowest BCUT2D eigenvalue weighted by atomic mass is 10.2. The van der Waals surface area contributed by atoms with Crippen molar-refractivity contribution in [1.29, 1.82) is 0 Å². The highest BCUT2D eigenvalue weighted by molar-refractivity contribution is 7.92. The molecule has 2 aromatic rings. The molecule has 0 saturated carbocycles. The quantitative estimate of drug-likeness (QED) is 0.854. The zero-order chi connectivity index (χ0) is 17.7. The predicted octanol–water partition coefficient (Wildman–Crippen LogP) is 2.98. The Kier molecular flexibility index (Phi) is 5.85. The third kappa shape index (κ3) is 4.27. The first-order chi connectivity index (χ1) is 11.3. The Hall–Kier alpha value is -2.05. The van der Waals surface area contributed by atoms with Gasteiger partial charge in [-0.2, -0.15) is 0 Å². The number of carbonyl (C=O) groups excluding carboxylic acids is 1. The molecule has 0 atom stereocenters. The molecule has 0 heterocycles. The summed E-state index contributed by atoms with van der Waals surface area (Å²) in [5, 5.41) is 3.07. The Labute approximate surface area is 147 Å². The van der Waals surface area contributed by atoms with Crippen molar-refractivity contribution >= 4 is 33.2 Å². The molecule has 0 fully saturated rings. The van der Waals surface area contributed by atoms with Crippen LogP contribution in [-0.2, 0) is 14.8 Å². The average Bonchev–Trinajstić information content (AvgIpc) is 2.53. The van der Waals surface area contributed by atoms with Crippen LogP contribution in [0.15, 0.2) is 53.4 Å². The van der Waals surface area contributed by atoms with Gasteiger partial charge < -0.3 is 5.32 Å². The molecule has 7 heteroatoms. The highest BCUT2D eigenvalue weighted by Crippen LogP contribution is 2.25. The summed E-state index contributed by atoms with van der Waals surface area (Å²) in [4.78, 5) is 12.1. The van der Waals surface area contributed by atoms with E-state index in [0.29, 0.717) is 17.3 Å². The van der Waals surface area contributed by atoms with Crippen LogP contribution in [0.1, 0.15) is 12.5 Å². The number of rotatable bonds is 6. The second kappa shape index (κ2) is 7.68. The van der Waals surface area contributed by atoms with Crippen molar-refractivity contribution in [2.24, 2.45) is 0 Å². The maximum absolute atomic E-state index is 13.0. The van der Waals surface area contributed by atoms with E-state index in [9.17, 15) is 13.2 Å². The van der Waals surface area contributed by atoms with Crippen molar-refractivity contribution in [1.82, 2.24) is 5.32 Å². The minimum atomic E-state index is -3.89. The molecule has 0 bridgehead atoms. The van der Waals surface area contributed by atoms with Crippen LogP contribution in [-0.4, -0.2) is 27.4 Å². The summed E-state index contributed by atoms with van der Waals surface area (Å²) in [7, 11) is -3.89. The number of benzene rings is 2. The van der Waals surface area contributed by atoms with Crippen LogP contribution in [0, 0.1) is 6.92 Å². The SMILES string of the molecule is CCNC(=O)CN(c1cccc(C)c1)S(=O)(=O)c1ccc(Cl)cc1. The van der Waals surface area contributed by atoms with E-state index < -0.39 is 10.0 Å². The lowest BCUT2D eigenvalue weighted by Crippen LogP contribution is -2.40. The highest BCUT2D eigenvalue weighted by Gasteiger charge is 2.27.